The maximum Gasteiger partial charge on any atom is 0.164 e. The summed E-state index contributed by atoms with van der Waals surface area (Å²) in [7, 11) is 0. The van der Waals surface area contributed by atoms with E-state index in [1.165, 1.54) is 38.9 Å². The SMILES string of the molecule is C=NC(=NC(=NCc1ccc2c(c1)C1(c3ccccc3-c3ccccc31)c1cc(-c3nc(-c4ccc(-c5ccccc5)cc4)nc(-c4ccc(-c5ccccc5)cc4)n3)ccc1-2)c1ccc(-c2ccccc2)cc1)c1ccc(-c2ccccc2)cc1. The summed E-state index contributed by atoms with van der Waals surface area (Å²) in [6.45, 7) is 4.37. The van der Waals surface area contributed by atoms with Crippen LogP contribution in [0.25, 0.3) is 101 Å². The fourth-order valence-corrected chi connectivity index (χ4v) is 12.6. The fraction of sp³-hybridized carbons (Fsp3) is 0.0250. The standard InChI is InChI=1S/C80H54N6/c1-81-75(62-39-31-58(32-40-62)54-18-6-2-7-19-54)83-76(63-41-33-59(34-42-63)55-20-8-3-9-21-55)82-52-53-30-48-69-70-49-47-66(51-74(70)80(73(69)50-53)71-28-16-14-26-67(71)68-27-15-17-29-72(68)80)79-85-77(64-43-35-60(36-44-64)56-22-10-4-11-23-56)84-78(86-79)65-45-37-61(38-46-65)57-24-12-5-13-25-57/h2-51H,1,52H2. The monoisotopic (exact) mass is 1100 g/mol. The lowest BCUT2D eigenvalue weighted by molar-refractivity contribution is 0.791. The first-order chi connectivity index (χ1) is 42.5. The van der Waals surface area contributed by atoms with Gasteiger partial charge in [0.1, 0.15) is 0 Å². The van der Waals surface area contributed by atoms with Gasteiger partial charge >= 0.3 is 0 Å². The summed E-state index contributed by atoms with van der Waals surface area (Å²) in [5.41, 5.74) is 23.5. The van der Waals surface area contributed by atoms with Crippen molar-refractivity contribution in [2.75, 3.05) is 0 Å². The minimum absolute atomic E-state index is 0.361. The lowest BCUT2D eigenvalue weighted by atomic mass is 9.70. The Labute approximate surface area is 500 Å². The Morgan fingerprint density at radius 2 is 0.616 bits per heavy atom. The van der Waals surface area contributed by atoms with Crippen LogP contribution in [0.3, 0.4) is 0 Å². The van der Waals surface area contributed by atoms with Gasteiger partial charge in [-0.3, -0.25) is 4.99 Å². The summed E-state index contributed by atoms with van der Waals surface area (Å²) >= 11 is 0. The second-order valence-corrected chi connectivity index (χ2v) is 21.8. The van der Waals surface area contributed by atoms with Gasteiger partial charge in [-0.15, -0.1) is 0 Å². The summed E-state index contributed by atoms with van der Waals surface area (Å²) in [4.78, 5) is 31.1. The Hall–Kier alpha value is -11.3. The average molecular weight is 1100 g/mol. The Morgan fingerprint density at radius 1 is 0.291 bits per heavy atom. The molecule has 0 unspecified atom stereocenters. The summed E-state index contributed by atoms with van der Waals surface area (Å²) in [5.74, 6) is 2.86. The molecule has 2 aliphatic rings. The van der Waals surface area contributed by atoms with Crippen LogP contribution in [0.5, 0.6) is 0 Å². The molecule has 0 atom stereocenters. The van der Waals surface area contributed by atoms with Crippen molar-refractivity contribution in [2.24, 2.45) is 15.0 Å². The van der Waals surface area contributed by atoms with E-state index in [4.69, 9.17) is 24.9 Å². The molecule has 15 rings (SSSR count). The topological polar surface area (TPSA) is 75.8 Å². The second-order valence-electron chi connectivity index (χ2n) is 21.8. The van der Waals surface area contributed by atoms with Gasteiger partial charge in [-0.1, -0.05) is 297 Å². The van der Waals surface area contributed by atoms with Crippen molar-refractivity contribution in [2.45, 2.75) is 12.0 Å². The van der Waals surface area contributed by atoms with Crippen LogP contribution >= 0.6 is 0 Å². The number of rotatable bonds is 11. The molecule has 6 nitrogen and oxygen atoms in total. The molecular formula is C80H54N6. The highest BCUT2D eigenvalue weighted by atomic mass is 15.0. The highest BCUT2D eigenvalue weighted by molar-refractivity contribution is 6.13. The molecule has 0 fully saturated rings. The lowest BCUT2D eigenvalue weighted by Gasteiger charge is -2.31. The van der Waals surface area contributed by atoms with Gasteiger partial charge in [0.05, 0.1) is 12.0 Å². The maximum atomic E-state index is 5.40. The minimum atomic E-state index is -0.674. The summed E-state index contributed by atoms with van der Waals surface area (Å²) in [6.07, 6.45) is 0. The largest absolute Gasteiger partial charge is 0.261 e. The molecule has 6 heteroatoms. The van der Waals surface area contributed by atoms with Crippen LogP contribution in [0, 0.1) is 0 Å². The van der Waals surface area contributed by atoms with Gasteiger partial charge in [0.15, 0.2) is 29.1 Å². The Kier molecular flexibility index (Phi) is 13.2. The molecule has 1 spiro atoms. The van der Waals surface area contributed by atoms with E-state index in [-0.39, 0.29) is 0 Å². The van der Waals surface area contributed by atoms with E-state index in [1.807, 2.05) is 24.3 Å². The first-order valence-electron chi connectivity index (χ1n) is 29.0. The third-order valence-corrected chi connectivity index (χ3v) is 16.8. The van der Waals surface area contributed by atoms with Crippen molar-refractivity contribution in [1.82, 2.24) is 15.0 Å². The lowest BCUT2D eigenvalue weighted by Crippen LogP contribution is -2.26. The zero-order valence-electron chi connectivity index (χ0n) is 47.0. The van der Waals surface area contributed by atoms with Crippen LogP contribution in [0.4, 0.5) is 0 Å². The molecule has 1 heterocycles. The smallest absolute Gasteiger partial charge is 0.164 e. The molecule has 0 aliphatic heterocycles. The molecular weight excluding hydrogens is 1040 g/mol. The zero-order valence-corrected chi connectivity index (χ0v) is 47.0. The summed E-state index contributed by atoms with van der Waals surface area (Å²) < 4.78 is 0. The molecule has 12 aromatic carbocycles. The second kappa shape index (κ2) is 22.1. The molecule has 13 aromatic rings. The molecule has 0 saturated carbocycles. The van der Waals surface area contributed by atoms with Gasteiger partial charge in [-0.05, 0) is 107 Å². The minimum Gasteiger partial charge on any atom is -0.261 e. The molecule has 0 amide bonds. The van der Waals surface area contributed by atoms with Crippen molar-refractivity contribution in [3.8, 4) is 101 Å². The molecule has 0 radical (unpaired) electrons. The number of aliphatic imine (C=N–C) groups is 3. The molecule has 0 N–H and O–H groups in total. The van der Waals surface area contributed by atoms with Crippen molar-refractivity contribution < 1.29 is 0 Å². The van der Waals surface area contributed by atoms with Crippen molar-refractivity contribution >= 4 is 18.4 Å². The van der Waals surface area contributed by atoms with Gasteiger partial charge < -0.3 is 0 Å². The molecule has 404 valence electrons. The number of nitrogens with zero attached hydrogens (tertiary/aromatic N) is 6. The summed E-state index contributed by atoms with van der Waals surface area (Å²) in [5, 5.41) is 0. The molecule has 1 aromatic heterocycles. The van der Waals surface area contributed by atoms with Crippen LogP contribution in [-0.2, 0) is 12.0 Å². The number of hydrogen-bond acceptors (Lipinski definition) is 4. The Bertz CT molecular complexity index is 4580. The zero-order chi connectivity index (χ0) is 57.4. The van der Waals surface area contributed by atoms with Crippen LogP contribution < -0.4 is 0 Å². The third-order valence-electron chi connectivity index (χ3n) is 16.8. The number of amidine groups is 2. The third kappa shape index (κ3) is 9.36. The molecule has 86 heavy (non-hydrogen) atoms. The quantitative estimate of drug-likeness (QED) is 0.0956. The number of benzene rings is 12. The Balaban J connectivity index is 0.853. The van der Waals surface area contributed by atoms with E-state index in [0.717, 1.165) is 83.5 Å². The van der Waals surface area contributed by atoms with E-state index in [9.17, 15) is 0 Å². The first kappa shape index (κ1) is 51.5. The van der Waals surface area contributed by atoms with Crippen LogP contribution in [-0.4, -0.2) is 33.3 Å². The molecule has 2 aliphatic carbocycles. The van der Waals surface area contributed by atoms with Crippen LogP contribution in [0.15, 0.2) is 318 Å². The van der Waals surface area contributed by atoms with E-state index in [1.54, 1.807) is 0 Å². The van der Waals surface area contributed by atoms with Crippen molar-refractivity contribution in [3.63, 3.8) is 0 Å². The normalized spacial score (nSPS) is 12.7. The number of fused-ring (bicyclic) bond motifs is 10. The molecule has 0 saturated heterocycles. The van der Waals surface area contributed by atoms with E-state index in [2.05, 4.69) is 291 Å². The van der Waals surface area contributed by atoms with Crippen LogP contribution in [0.1, 0.15) is 38.9 Å². The Morgan fingerprint density at radius 3 is 1.06 bits per heavy atom. The van der Waals surface area contributed by atoms with E-state index >= 15 is 0 Å². The van der Waals surface area contributed by atoms with Gasteiger partial charge in [0, 0.05) is 27.8 Å². The van der Waals surface area contributed by atoms with E-state index < -0.39 is 5.41 Å². The van der Waals surface area contributed by atoms with Crippen molar-refractivity contribution in [3.05, 3.63) is 342 Å². The van der Waals surface area contributed by atoms with Gasteiger partial charge in [-0.2, -0.15) is 0 Å². The fourth-order valence-electron chi connectivity index (χ4n) is 12.6. The highest BCUT2D eigenvalue weighted by Gasteiger charge is 2.51. The van der Waals surface area contributed by atoms with E-state index in [0.29, 0.717) is 35.7 Å². The maximum absolute atomic E-state index is 5.40. The predicted molar refractivity (Wildman–Crippen MR) is 353 cm³/mol. The highest BCUT2D eigenvalue weighted by Crippen LogP contribution is 2.63. The van der Waals surface area contributed by atoms with Gasteiger partial charge in [0.25, 0.3) is 0 Å². The molecule has 0 bridgehead atoms. The van der Waals surface area contributed by atoms with Crippen molar-refractivity contribution in [1.29, 1.82) is 0 Å². The summed E-state index contributed by atoms with van der Waals surface area (Å²) in [6, 6.07) is 107. The van der Waals surface area contributed by atoms with Gasteiger partial charge in [-0.25, -0.2) is 24.9 Å². The average Bonchev–Trinajstić information content (AvgIpc) is 2.41. The first-order valence-corrected chi connectivity index (χ1v) is 29.0. The number of aromatic nitrogens is 3. The number of hydrogen-bond donors (Lipinski definition) is 0. The predicted octanol–water partition coefficient (Wildman–Crippen LogP) is 19.0. The van der Waals surface area contributed by atoms with Gasteiger partial charge in [0.2, 0.25) is 0 Å². The van der Waals surface area contributed by atoms with Crippen LogP contribution in [0.2, 0.25) is 0 Å².